The van der Waals surface area contributed by atoms with E-state index in [1.54, 1.807) is 31.2 Å². The Balaban J connectivity index is 1.96. The number of nitrogens with zero attached hydrogens (tertiary/aromatic N) is 2. The normalized spacial score (nSPS) is 11.7. The highest BCUT2D eigenvalue weighted by atomic mass is 32.2. The summed E-state index contributed by atoms with van der Waals surface area (Å²) in [6, 6.07) is 6.61. The van der Waals surface area contributed by atoms with E-state index in [-0.39, 0.29) is 5.75 Å². The van der Waals surface area contributed by atoms with Crippen LogP contribution in [0.2, 0.25) is 0 Å². The van der Waals surface area contributed by atoms with Crippen LogP contribution in [0.1, 0.15) is 11.5 Å². The molecule has 8 heteroatoms. The van der Waals surface area contributed by atoms with E-state index in [0.29, 0.717) is 28.3 Å². The largest absolute Gasteiger partial charge is 0.416 e. The summed E-state index contributed by atoms with van der Waals surface area (Å²) in [4.78, 5) is 0.303. The molecule has 0 saturated heterocycles. The first-order valence-electron chi connectivity index (χ1n) is 5.96. The minimum atomic E-state index is -3.30. The van der Waals surface area contributed by atoms with Gasteiger partial charge in [0.25, 0.3) is 5.22 Å². The molecule has 0 bridgehead atoms. The van der Waals surface area contributed by atoms with Gasteiger partial charge in [-0.25, -0.2) is 8.42 Å². The molecule has 0 aliphatic rings. The Hall–Kier alpha value is -1.38. The van der Waals surface area contributed by atoms with Crippen molar-refractivity contribution in [1.29, 1.82) is 0 Å². The SMILES string of the molecule is Cc1nnc(SCCS(=O)(=O)c2ccc(CN)cc2)o1. The van der Waals surface area contributed by atoms with Crippen LogP contribution in [0.5, 0.6) is 0 Å². The number of hydrogen-bond donors (Lipinski definition) is 1. The van der Waals surface area contributed by atoms with Gasteiger partial charge in [-0.2, -0.15) is 0 Å². The van der Waals surface area contributed by atoms with E-state index in [0.717, 1.165) is 5.56 Å². The van der Waals surface area contributed by atoms with E-state index >= 15 is 0 Å². The van der Waals surface area contributed by atoms with Gasteiger partial charge < -0.3 is 10.2 Å². The van der Waals surface area contributed by atoms with Crippen LogP contribution in [0.4, 0.5) is 0 Å². The van der Waals surface area contributed by atoms with Crippen molar-refractivity contribution in [3.63, 3.8) is 0 Å². The molecule has 0 radical (unpaired) electrons. The number of hydrogen-bond acceptors (Lipinski definition) is 7. The number of nitrogens with two attached hydrogens (primary N) is 1. The van der Waals surface area contributed by atoms with E-state index in [1.165, 1.54) is 11.8 Å². The fourth-order valence-corrected chi connectivity index (χ4v) is 3.98. The van der Waals surface area contributed by atoms with Crippen molar-refractivity contribution in [2.75, 3.05) is 11.5 Å². The third-order valence-corrected chi connectivity index (χ3v) is 5.41. The Bertz CT molecular complexity index is 666. The van der Waals surface area contributed by atoms with Crippen LogP contribution < -0.4 is 5.73 Å². The summed E-state index contributed by atoms with van der Waals surface area (Å²) < 4.78 is 29.4. The van der Waals surface area contributed by atoms with Crippen LogP contribution in [0.3, 0.4) is 0 Å². The van der Waals surface area contributed by atoms with E-state index < -0.39 is 9.84 Å². The molecule has 1 heterocycles. The van der Waals surface area contributed by atoms with E-state index in [4.69, 9.17) is 10.2 Å². The number of sulfone groups is 1. The summed E-state index contributed by atoms with van der Waals surface area (Å²) in [6.07, 6.45) is 0. The lowest BCUT2D eigenvalue weighted by molar-refractivity contribution is 0.429. The Labute approximate surface area is 121 Å². The summed E-state index contributed by atoms with van der Waals surface area (Å²) in [6.45, 7) is 2.08. The molecule has 0 aliphatic carbocycles. The molecule has 0 aliphatic heterocycles. The Morgan fingerprint density at radius 1 is 1.25 bits per heavy atom. The summed E-state index contributed by atoms with van der Waals surface area (Å²) >= 11 is 1.23. The van der Waals surface area contributed by atoms with Gasteiger partial charge in [-0.05, 0) is 17.7 Å². The van der Waals surface area contributed by atoms with E-state index in [9.17, 15) is 8.42 Å². The lowest BCUT2D eigenvalue weighted by Crippen LogP contribution is -2.09. The maximum Gasteiger partial charge on any atom is 0.276 e. The fourth-order valence-electron chi connectivity index (χ4n) is 1.53. The molecule has 2 N–H and O–H groups in total. The lowest BCUT2D eigenvalue weighted by atomic mass is 10.2. The topological polar surface area (TPSA) is 99.1 Å². The molecule has 20 heavy (non-hydrogen) atoms. The standard InChI is InChI=1S/C12H15N3O3S2/c1-9-14-15-12(18-9)19-6-7-20(16,17)11-4-2-10(8-13)3-5-11/h2-5H,6-8,13H2,1H3. The highest BCUT2D eigenvalue weighted by Crippen LogP contribution is 2.18. The zero-order valence-corrected chi connectivity index (χ0v) is 12.6. The molecule has 0 atom stereocenters. The molecule has 2 rings (SSSR count). The van der Waals surface area contributed by atoms with Crippen molar-refractivity contribution in [2.24, 2.45) is 5.73 Å². The Morgan fingerprint density at radius 2 is 1.95 bits per heavy atom. The van der Waals surface area contributed by atoms with Gasteiger partial charge in [0.05, 0.1) is 10.6 Å². The molecule has 2 aromatic rings. The predicted octanol–water partition coefficient (Wildman–Crippen LogP) is 1.40. The fraction of sp³-hybridized carbons (Fsp3) is 0.333. The van der Waals surface area contributed by atoms with Gasteiger partial charge in [-0.15, -0.1) is 10.2 Å². The Morgan fingerprint density at radius 3 is 2.50 bits per heavy atom. The molecular weight excluding hydrogens is 298 g/mol. The van der Waals surface area contributed by atoms with Crippen molar-refractivity contribution in [1.82, 2.24) is 10.2 Å². The van der Waals surface area contributed by atoms with Crippen LogP contribution in [-0.4, -0.2) is 30.1 Å². The second-order valence-electron chi connectivity index (χ2n) is 4.10. The zero-order chi connectivity index (χ0) is 14.6. The molecule has 0 spiro atoms. The highest BCUT2D eigenvalue weighted by Gasteiger charge is 2.15. The van der Waals surface area contributed by atoms with Gasteiger partial charge in [0.15, 0.2) is 9.84 Å². The van der Waals surface area contributed by atoms with Crippen molar-refractivity contribution < 1.29 is 12.8 Å². The average Bonchev–Trinajstić information content (AvgIpc) is 2.84. The smallest absolute Gasteiger partial charge is 0.276 e. The van der Waals surface area contributed by atoms with Crippen molar-refractivity contribution >= 4 is 21.6 Å². The summed E-state index contributed by atoms with van der Waals surface area (Å²) in [5, 5.41) is 7.86. The summed E-state index contributed by atoms with van der Waals surface area (Å²) in [7, 11) is -3.30. The second kappa shape index (κ2) is 6.38. The van der Waals surface area contributed by atoms with E-state index in [2.05, 4.69) is 10.2 Å². The van der Waals surface area contributed by atoms with Crippen LogP contribution in [0.25, 0.3) is 0 Å². The number of aryl methyl sites for hydroxylation is 1. The van der Waals surface area contributed by atoms with Crippen molar-refractivity contribution in [3.05, 3.63) is 35.7 Å². The number of rotatable bonds is 6. The van der Waals surface area contributed by atoms with Crippen LogP contribution in [0.15, 0.2) is 38.8 Å². The predicted molar refractivity (Wildman–Crippen MR) is 76.1 cm³/mol. The minimum Gasteiger partial charge on any atom is -0.416 e. The summed E-state index contributed by atoms with van der Waals surface area (Å²) in [5.41, 5.74) is 6.38. The molecule has 0 amide bonds. The second-order valence-corrected chi connectivity index (χ2v) is 7.26. The third kappa shape index (κ3) is 3.81. The summed E-state index contributed by atoms with van der Waals surface area (Å²) in [5.74, 6) is 0.844. The van der Waals surface area contributed by atoms with Crippen LogP contribution >= 0.6 is 11.8 Å². The first-order chi connectivity index (χ1) is 9.51. The maximum atomic E-state index is 12.1. The Kier molecular flexibility index (Phi) is 4.79. The van der Waals surface area contributed by atoms with Gasteiger partial charge in [-0.1, -0.05) is 23.9 Å². The monoisotopic (exact) mass is 313 g/mol. The van der Waals surface area contributed by atoms with Gasteiger partial charge >= 0.3 is 0 Å². The molecule has 1 aromatic carbocycles. The minimum absolute atomic E-state index is 0.0149. The maximum absolute atomic E-state index is 12.1. The zero-order valence-electron chi connectivity index (χ0n) is 10.9. The number of thioether (sulfide) groups is 1. The van der Waals surface area contributed by atoms with Crippen LogP contribution in [-0.2, 0) is 16.4 Å². The molecule has 0 fully saturated rings. The molecule has 6 nitrogen and oxygen atoms in total. The molecule has 1 aromatic heterocycles. The highest BCUT2D eigenvalue weighted by molar-refractivity contribution is 8.00. The van der Waals surface area contributed by atoms with Gasteiger partial charge in [0.2, 0.25) is 5.89 Å². The van der Waals surface area contributed by atoms with Crippen molar-refractivity contribution in [3.8, 4) is 0 Å². The third-order valence-electron chi connectivity index (χ3n) is 2.60. The quantitative estimate of drug-likeness (QED) is 0.805. The lowest BCUT2D eigenvalue weighted by Gasteiger charge is -2.04. The van der Waals surface area contributed by atoms with E-state index in [1.807, 2.05) is 0 Å². The molecule has 0 saturated carbocycles. The molecule has 0 unspecified atom stereocenters. The van der Waals surface area contributed by atoms with Crippen molar-refractivity contribution in [2.45, 2.75) is 23.6 Å². The number of aromatic nitrogens is 2. The average molecular weight is 313 g/mol. The van der Waals surface area contributed by atoms with Crippen LogP contribution in [0, 0.1) is 6.92 Å². The van der Waals surface area contributed by atoms with Gasteiger partial charge in [0, 0.05) is 19.2 Å². The molecular formula is C12H15N3O3S2. The molecule has 108 valence electrons. The first-order valence-corrected chi connectivity index (χ1v) is 8.60. The first kappa shape index (κ1) is 15.0. The number of benzene rings is 1. The van der Waals surface area contributed by atoms with Gasteiger partial charge in [-0.3, -0.25) is 0 Å². The van der Waals surface area contributed by atoms with Gasteiger partial charge in [0.1, 0.15) is 0 Å².